The lowest BCUT2D eigenvalue weighted by Crippen LogP contribution is -2.15. The fourth-order valence-electron chi connectivity index (χ4n) is 2.54. The highest BCUT2D eigenvalue weighted by atomic mass is 32.2. The summed E-state index contributed by atoms with van der Waals surface area (Å²) in [5.74, 6) is 0.193. The van der Waals surface area contributed by atoms with Crippen molar-refractivity contribution < 1.29 is 9.53 Å². The number of ether oxygens (including phenoxy) is 1. The van der Waals surface area contributed by atoms with E-state index in [-0.39, 0.29) is 18.0 Å². The minimum Gasteiger partial charge on any atom is -0.464 e. The number of benzene rings is 1. The van der Waals surface area contributed by atoms with Crippen LogP contribution in [0.25, 0.3) is 11.3 Å². The van der Waals surface area contributed by atoms with Crippen LogP contribution in [0.3, 0.4) is 0 Å². The molecule has 28 heavy (non-hydrogen) atoms. The van der Waals surface area contributed by atoms with Crippen LogP contribution in [0.2, 0.25) is 0 Å². The molecule has 2 rings (SSSR count). The number of thioether (sulfide) groups is 1. The third-order valence-corrected chi connectivity index (χ3v) is 4.70. The third-order valence-electron chi connectivity index (χ3n) is 4.15. The van der Waals surface area contributed by atoms with Crippen LogP contribution in [0.1, 0.15) is 45.2 Å². The average Bonchev–Trinajstić information content (AvgIpc) is 2.69. The Hall–Kier alpha value is -2.59. The van der Waals surface area contributed by atoms with Crippen molar-refractivity contribution in [2.75, 3.05) is 24.7 Å². The molecule has 7 heteroatoms. The summed E-state index contributed by atoms with van der Waals surface area (Å²) >= 11 is 1.41. The molecule has 0 amide bonds. The van der Waals surface area contributed by atoms with Gasteiger partial charge in [-0.3, -0.25) is 4.79 Å². The zero-order valence-electron chi connectivity index (χ0n) is 17.0. The molecule has 0 atom stereocenters. The van der Waals surface area contributed by atoms with Crippen LogP contribution in [-0.4, -0.2) is 35.3 Å². The first kappa shape index (κ1) is 21.7. The standard InChI is InChI=1S/C21H26N4O2S/c1-6-17(26)27-12-11-23-19-16(13-22)18(24-20(25-19)28-5)14-7-9-15(10-8-14)21(2,3)4/h7-10H,6,11-12H2,1-5H3,(H,23,24,25). The highest BCUT2D eigenvalue weighted by Crippen LogP contribution is 2.30. The van der Waals surface area contributed by atoms with Crippen molar-refractivity contribution >= 4 is 23.5 Å². The van der Waals surface area contributed by atoms with Crippen molar-refractivity contribution in [1.82, 2.24) is 9.97 Å². The SMILES string of the molecule is CCC(=O)OCCNc1nc(SC)nc(-c2ccc(C(C)(C)C)cc2)c1C#N. The van der Waals surface area contributed by atoms with Crippen LogP contribution in [0.4, 0.5) is 5.82 Å². The number of hydrogen-bond acceptors (Lipinski definition) is 7. The molecular weight excluding hydrogens is 372 g/mol. The van der Waals surface area contributed by atoms with Crippen LogP contribution in [0, 0.1) is 11.3 Å². The Morgan fingerprint density at radius 2 is 1.93 bits per heavy atom. The van der Waals surface area contributed by atoms with Gasteiger partial charge in [0.15, 0.2) is 5.16 Å². The first-order valence-electron chi connectivity index (χ1n) is 9.16. The van der Waals surface area contributed by atoms with Gasteiger partial charge in [-0.1, -0.05) is 63.7 Å². The molecule has 0 unspecified atom stereocenters. The van der Waals surface area contributed by atoms with E-state index in [1.807, 2.05) is 18.4 Å². The predicted molar refractivity (Wildman–Crippen MR) is 112 cm³/mol. The molecule has 1 aromatic heterocycles. The zero-order chi connectivity index (χ0) is 20.7. The van der Waals surface area contributed by atoms with Crippen LogP contribution in [-0.2, 0) is 14.9 Å². The molecule has 0 bridgehead atoms. The molecule has 0 radical (unpaired) electrons. The summed E-state index contributed by atoms with van der Waals surface area (Å²) in [5, 5.41) is 13.4. The van der Waals surface area contributed by atoms with Gasteiger partial charge in [0.05, 0.1) is 12.2 Å². The van der Waals surface area contributed by atoms with Crippen LogP contribution >= 0.6 is 11.8 Å². The minimum absolute atomic E-state index is 0.0509. The maximum atomic E-state index is 11.3. The number of rotatable bonds is 7. The molecule has 0 fully saturated rings. The second-order valence-corrected chi connectivity index (χ2v) is 8.00. The summed E-state index contributed by atoms with van der Waals surface area (Å²) in [7, 11) is 0. The van der Waals surface area contributed by atoms with E-state index in [0.29, 0.717) is 35.2 Å². The van der Waals surface area contributed by atoms with E-state index in [1.54, 1.807) is 6.92 Å². The molecule has 0 spiro atoms. The number of hydrogen-bond donors (Lipinski definition) is 1. The van der Waals surface area contributed by atoms with Gasteiger partial charge in [0.1, 0.15) is 24.1 Å². The van der Waals surface area contributed by atoms with Crippen molar-refractivity contribution in [2.24, 2.45) is 0 Å². The predicted octanol–water partition coefficient (Wildman–Crippen LogP) is 4.40. The molecule has 2 aromatic rings. The lowest BCUT2D eigenvalue weighted by atomic mass is 9.86. The van der Waals surface area contributed by atoms with Crippen LogP contribution in [0.15, 0.2) is 29.4 Å². The lowest BCUT2D eigenvalue weighted by molar-refractivity contribution is -0.142. The minimum atomic E-state index is -0.255. The number of carbonyl (C=O) groups is 1. The quantitative estimate of drug-likeness (QED) is 0.320. The van der Waals surface area contributed by atoms with Gasteiger partial charge in [-0.15, -0.1) is 0 Å². The monoisotopic (exact) mass is 398 g/mol. The van der Waals surface area contributed by atoms with Gasteiger partial charge in [0, 0.05) is 12.0 Å². The van der Waals surface area contributed by atoms with Gasteiger partial charge in [-0.2, -0.15) is 5.26 Å². The Labute approximate surface area is 170 Å². The Bertz CT molecular complexity index is 868. The molecule has 0 saturated carbocycles. The fourth-order valence-corrected chi connectivity index (χ4v) is 2.90. The molecule has 1 aromatic carbocycles. The average molecular weight is 399 g/mol. The molecule has 6 nitrogen and oxygen atoms in total. The summed E-state index contributed by atoms with van der Waals surface area (Å²) < 4.78 is 5.07. The smallest absolute Gasteiger partial charge is 0.305 e. The maximum Gasteiger partial charge on any atom is 0.305 e. The zero-order valence-corrected chi connectivity index (χ0v) is 17.8. The summed E-state index contributed by atoms with van der Waals surface area (Å²) in [4.78, 5) is 20.2. The fraction of sp³-hybridized carbons (Fsp3) is 0.429. The summed E-state index contributed by atoms with van der Waals surface area (Å²) in [6.45, 7) is 8.81. The number of aromatic nitrogens is 2. The number of esters is 1. The first-order valence-corrected chi connectivity index (χ1v) is 10.4. The van der Waals surface area contributed by atoms with Crippen molar-refractivity contribution in [1.29, 1.82) is 5.26 Å². The van der Waals surface area contributed by atoms with Gasteiger partial charge in [-0.25, -0.2) is 9.97 Å². The second kappa shape index (κ2) is 9.56. The van der Waals surface area contributed by atoms with E-state index in [1.165, 1.54) is 17.3 Å². The Balaban J connectivity index is 2.33. The van der Waals surface area contributed by atoms with E-state index in [4.69, 9.17) is 4.74 Å². The number of nitrogens with one attached hydrogen (secondary N) is 1. The summed E-state index contributed by atoms with van der Waals surface area (Å²) in [6.07, 6.45) is 2.23. The number of nitriles is 1. The highest BCUT2D eigenvalue weighted by Gasteiger charge is 2.18. The number of nitrogens with zero attached hydrogens (tertiary/aromatic N) is 3. The van der Waals surface area contributed by atoms with E-state index in [0.717, 1.165) is 5.56 Å². The van der Waals surface area contributed by atoms with Crippen LogP contribution in [0.5, 0.6) is 0 Å². The van der Waals surface area contributed by atoms with Gasteiger partial charge >= 0.3 is 5.97 Å². The van der Waals surface area contributed by atoms with E-state index in [2.05, 4.69) is 54.3 Å². The number of anilines is 1. The Kier molecular flexibility index (Phi) is 7.41. The molecule has 0 aliphatic heterocycles. The Morgan fingerprint density at radius 1 is 1.25 bits per heavy atom. The van der Waals surface area contributed by atoms with Crippen molar-refractivity contribution in [3.8, 4) is 17.3 Å². The normalized spacial score (nSPS) is 11.0. The molecule has 0 aliphatic carbocycles. The van der Waals surface area contributed by atoms with E-state index in [9.17, 15) is 10.1 Å². The lowest BCUT2D eigenvalue weighted by Gasteiger charge is -2.19. The topological polar surface area (TPSA) is 87.9 Å². The Morgan fingerprint density at radius 3 is 2.46 bits per heavy atom. The van der Waals surface area contributed by atoms with E-state index >= 15 is 0 Å². The first-order chi connectivity index (χ1) is 13.3. The van der Waals surface area contributed by atoms with Gasteiger partial charge < -0.3 is 10.1 Å². The van der Waals surface area contributed by atoms with Gasteiger partial charge in [-0.05, 0) is 17.2 Å². The largest absolute Gasteiger partial charge is 0.464 e. The second-order valence-electron chi connectivity index (χ2n) is 7.22. The van der Waals surface area contributed by atoms with Crippen molar-refractivity contribution in [2.45, 2.75) is 44.7 Å². The van der Waals surface area contributed by atoms with Crippen molar-refractivity contribution in [3.63, 3.8) is 0 Å². The molecule has 1 N–H and O–H groups in total. The van der Waals surface area contributed by atoms with Gasteiger partial charge in [0.2, 0.25) is 0 Å². The molecule has 0 saturated heterocycles. The van der Waals surface area contributed by atoms with Crippen molar-refractivity contribution in [3.05, 3.63) is 35.4 Å². The maximum absolute atomic E-state index is 11.3. The molecule has 148 valence electrons. The highest BCUT2D eigenvalue weighted by molar-refractivity contribution is 7.98. The summed E-state index contributed by atoms with van der Waals surface area (Å²) in [5.41, 5.74) is 3.10. The van der Waals surface area contributed by atoms with Crippen LogP contribution < -0.4 is 5.32 Å². The van der Waals surface area contributed by atoms with E-state index < -0.39 is 0 Å². The number of carbonyl (C=O) groups excluding carboxylic acids is 1. The van der Waals surface area contributed by atoms with Gasteiger partial charge in [0.25, 0.3) is 0 Å². The third kappa shape index (κ3) is 5.46. The molecular formula is C21H26N4O2S. The molecule has 0 aliphatic rings. The molecule has 1 heterocycles. The summed E-state index contributed by atoms with van der Waals surface area (Å²) in [6, 6.07) is 10.3.